The van der Waals surface area contributed by atoms with Crippen molar-refractivity contribution in [3.63, 3.8) is 0 Å². The number of hydrogen-bond acceptors (Lipinski definition) is 5. The molecule has 0 spiro atoms. The van der Waals surface area contributed by atoms with E-state index in [0.717, 1.165) is 11.9 Å². The van der Waals surface area contributed by atoms with Gasteiger partial charge in [0.05, 0.1) is 6.26 Å². The Bertz CT molecular complexity index is 447. The first kappa shape index (κ1) is 12.9. The Kier molecular flexibility index (Phi) is 4.19. The highest BCUT2D eigenvalue weighted by molar-refractivity contribution is 7.88. The Hall–Kier alpha value is -1.21. The summed E-state index contributed by atoms with van der Waals surface area (Å²) in [6.07, 6.45) is 2.81. The smallest absolute Gasteiger partial charge is 0.225 e. The van der Waals surface area contributed by atoms with Gasteiger partial charge in [-0.15, -0.1) is 0 Å². The molecule has 0 aliphatic rings. The van der Waals surface area contributed by atoms with Crippen molar-refractivity contribution in [2.75, 3.05) is 31.3 Å². The minimum absolute atomic E-state index is 0.340. The first-order valence-corrected chi connectivity index (χ1v) is 6.73. The Labute approximate surface area is 95.8 Å². The third-order valence-electron chi connectivity index (χ3n) is 1.93. The van der Waals surface area contributed by atoms with Crippen LogP contribution in [0.15, 0.2) is 12.3 Å². The standard InChI is InChI=1S/C9H16N4O2S/c1-8-4-5-10-9(12-8)13(2)7-6-11-16(3,14)15/h4-5,11H,6-7H2,1-3H3. The molecule has 0 atom stereocenters. The van der Waals surface area contributed by atoms with Gasteiger partial charge in [-0.3, -0.25) is 0 Å². The monoisotopic (exact) mass is 244 g/mol. The minimum atomic E-state index is -3.13. The van der Waals surface area contributed by atoms with Crippen molar-refractivity contribution in [2.45, 2.75) is 6.92 Å². The fourth-order valence-electron chi connectivity index (χ4n) is 1.12. The van der Waals surface area contributed by atoms with Gasteiger partial charge >= 0.3 is 0 Å². The van der Waals surface area contributed by atoms with Crippen LogP contribution in [-0.4, -0.2) is 44.8 Å². The van der Waals surface area contributed by atoms with Crippen molar-refractivity contribution in [2.24, 2.45) is 0 Å². The molecule has 1 aromatic heterocycles. The van der Waals surface area contributed by atoms with Gasteiger partial charge in [0.25, 0.3) is 0 Å². The lowest BCUT2D eigenvalue weighted by Gasteiger charge is -2.16. The van der Waals surface area contributed by atoms with E-state index in [-0.39, 0.29) is 0 Å². The fourth-order valence-corrected chi connectivity index (χ4v) is 1.58. The summed E-state index contributed by atoms with van der Waals surface area (Å²) in [5.74, 6) is 0.593. The molecule has 0 unspecified atom stereocenters. The third kappa shape index (κ3) is 4.54. The lowest BCUT2D eigenvalue weighted by molar-refractivity contribution is 0.587. The van der Waals surface area contributed by atoms with E-state index >= 15 is 0 Å². The van der Waals surface area contributed by atoms with E-state index in [0.29, 0.717) is 19.0 Å². The quantitative estimate of drug-likeness (QED) is 0.774. The van der Waals surface area contributed by atoms with Crippen LogP contribution >= 0.6 is 0 Å². The van der Waals surface area contributed by atoms with Crippen molar-refractivity contribution in [3.8, 4) is 0 Å². The molecule has 0 saturated carbocycles. The lowest BCUT2D eigenvalue weighted by atomic mass is 10.4. The summed E-state index contributed by atoms with van der Waals surface area (Å²) in [5.41, 5.74) is 0.882. The van der Waals surface area contributed by atoms with E-state index in [1.165, 1.54) is 0 Å². The SMILES string of the molecule is Cc1ccnc(N(C)CCNS(C)(=O)=O)n1. The van der Waals surface area contributed by atoms with Gasteiger partial charge in [-0.1, -0.05) is 0 Å². The Morgan fingerprint density at radius 1 is 1.50 bits per heavy atom. The van der Waals surface area contributed by atoms with Crippen LogP contribution in [0.2, 0.25) is 0 Å². The van der Waals surface area contributed by atoms with Crippen molar-refractivity contribution in [3.05, 3.63) is 18.0 Å². The van der Waals surface area contributed by atoms with Crippen LogP contribution < -0.4 is 9.62 Å². The molecule has 0 saturated heterocycles. The second-order valence-corrected chi connectivity index (χ2v) is 5.42. The third-order valence-corrected chi connectivity index (χ3v) is 2.66. The number of rotatable bonds is 5. The minimum Gasteiger partial charge on any atom is -0.343 e. The molecule has 1 heterocycles. The van der Waals surface area contributed by atoms with Gasteiger partial charge in [-0.05, 0) is 13.0 Å². The molecule has 0 aliphatic heterocycles. The average molecular weight is 244 g/mol. The highest BCUT2D eigenvalue weighted by Crippen LogP contribution is 2.03. The number of likely N-dealkylation sites (N-methyl/N-ethyl adjacent to an activating group) is 1. The molecule has 0 aliphatic carbocycles. The molecule has 1 aromatic rings. The lowest BCUT2D eigenvalue weighted by Crippen LogP contribution is -2.33. The van der Waals surface area contributed by atoms with Crippen LogP contribution in [0.5, 0.6) is 0 Å². The van der Waals surface area contributed by atoms with E-state index in [2.05, 4.69) is 14.7 Å². The summed E-state index contributed by atoms with van der Waals surface area (Å²) in [5, 5.41) is 0. The van der Waals surface area contributed by atoms with Gasteiger partial charge in [-0.25, -0.2) is 23.1 Å². The van der Waals surface area contributed by atoms with E-state index in [1.54, 1.807) is 11.1 Å². The maximum atomic E-state index is 10.8. The van der Waals surface area contributed by atoms with E-state index in [4.69, 9.17) is 0 Å². The van der Waals surface area contributed by atoms with E-state index in [9.17, 15) is 8.42 Å². The molecule has 1 N–H and O–H groups in total. The number of sulfonamides is 1. The second kappa shape index (κ2) is 5.22. The summed E-state index contributed by atoms with van der Waals surface area (Å²) in [7, 11) is -1.31. The maximum absolute atomic E-state index is 10.8. The summed E-state index contributed by atoms with van der Waals surface area (Å²) in [6.45, 7) is 2.75. The van der Waals surface area contributed by atoms with Crippen LogP contribution in [0, 0.1) is 6.92 Å². The highest BCUT2D eigenvalue weighted by atomic mass is 32.2. The zero-order chi connectivity index (χ0) is 12.2. The van der Waals surface area contributed by atoms with E-state index in [1.807, 2.05) is 20.0 Å². The Morgan fingerprint density at radius 3 is 2.75 bits per heavy atom. The predicted octanol–water partition coefficient (Wildman–Crippen LogP) is -0.230. The Morgan fingerprint density at radius 2 is 2.19 bits per heavy atom. The second-order valence-electron chi connectivity index (χ2n) is 3.59. The van der Waals surface area contributed by atoms with Gasteiger partial charge in [0.2, 0.25) is 16.0 Å². The topological polar surface area (TPSA) is 75.2 Å². The number of hydrogen-bond donors (Lipinski definition) is 1. The molecule has 0 fully saturated rings. The number of nitrogens with one attached hydrogen (secondary N) is 1. The van der Waals surface area contributed by atoms with Gasteiger partial charge in [0, 0.05) is 32.0 Å². The molecule has 0 radical (unpaired) electrons. The normalized spacial score (nSPS) is 11.4. The number of aromatic nitrogens is 2. The molecule has 1 rings (SSSR count). The summed E-state index contributed by atoms with van der Waals surface area (Å²) in [4.78, 5) is 10.1. The van der Waals surface area contributed by atoms with E-state index < -0.39 is 10.0 Å². The maximum Gasteiger partial charge on any atom is 0.225 e. The zero-order valence-electron chi connectivity index (χ0n) is 9.64. The molecule has 7 heteroatoms. The largest absolute Gasteiger partial charge is 0.343 e. The number of aryl methyl sites for hydroxylation is 1. The van der Waals surface area contributed by atoms with Crippen molar-refractivity contribution >= 4 is 16.0 Å². The zero-order valence-corrected chi connectivity index (χ0v) is 10.5. The van der Waals surface area contributed by atoms with Crippen molar-refractivity contribution < 1.29 is 8.42 Å². The molecule has 0 aromatic carbocycles. The van der Waals surface area contributed by atoms with Crippen LogP contribution in [0.1, 0.15) is 5.69 Å². The van der Waals surface area contributed by atoms with Crippen LogP contribution in [0.25, 0.3) is 0 Å². The fraction of sp³-hybridized carbons (Fsp3) is 0.556. The van der Waals surface area contributed by atoms with Crippen LogP contribution in [-0.2, 0) is 10.0 Å². The average Bonchev–Trinajstić information content (AvgIpc) is 2.15. The molecule has 16 heavy (non-hydrogen) atoms. The molecule has 0 bridgehead atoms. The number of anilines is 1. The summed E-state index contributed by atoms with van der Waals surface area (Å²) in [6, 6.07) is 1.81. The van der Waals surface area contributed by atoms with Crippen molar-refractivity contribution in [1.82, 2.24) is 14.7 Å². The first-order chi connectivity index (χ1) is 7.38. The van der Waals surface area contributed by atoms with Gasteiger partial charge < -0.3 is 4.90 Å². The predicted molar refractivity (Wildman–Crippen MR) is 62.9 cm³/mol. The van der Waals surface area contributed by atoms with Gasteiger partial charge in [-0.2, -0.15) is 0 Å². The molecule has 90 valence electrons. The Balaban J connectivity index is 2.50. The molecular weight excluding hydrogens is 228 g/mol. The summed E-state index contributed by atoms with van der Waals surface area (Å²) < 4.78 is 24.1. The highest BCUT2D eigenvalue weighted by Gasteiger charge is 2.05. The van der Waals surface area contributed by atoms with Gasteiger partial charge in [0.1, 0.15) is 0 Å². The first-order valence-electron chi connectivity index (χ1n) is 4.84. The van der Waals surface area contributed by atoms with Gasteiger partial charge in [0.15, 0.2) is 0 Å². The molecular formula is C9H16N4O2S. The summed E-state index contributed by atoms with van der Waals surface area (Å²) >= 11 is 0. The molecule has 6 nitrogen and oxygen atoms in total. The molecule has 0 amide bonds. The van der Waals surface area contributed by atoms with Crippen molar-refractivity contribution in [1.29, 1.82) is 0 Å². The number of nitrogens with zero attached hydrogens (tertiary/aromatic N) is 3. The van der Waals surface area contributed by atoms with Crippen LogP contribution in [0.3, 0.4) is 0 Å². The van der Waals surface area contributed by atoms with Crippen LogP contribution in [0.4, 0.5) is 5.95 Å².